The number of benzene rings is 1. The van der Waals surface area contributed by atoms with Crippen molar-refractivity contribution in [2.24, 2.45) is 7.05 Å². The number of carbonyl (C=O) groups is 1. The van der Waals surface area contributed by atoms with Crippen LogP contribution in [0.15, 0.2) is 30.5 Å². The molecule has 5 heteroatoms. The average molecular weight is 240 g/mol. The largest absolute Gasteiger partial charge is 0.319 e. The van der Waals surface area contributed by atoms with Crippen LogP contribution in [0.25, 0.3) is 0 Å². The van der Waals surface area contributed by atoms with Crippen molar-refractivity contribution < 1.29 is 4.79 Å². The Morgan fingerprint density at radius 2 is 2.06 bits per heavy atom. The third-order valence-electron chi connectivity index (χ3n) is 2.54. The van der Waals surface area contributed by atoms with E-state index in [4.69, 9.17) is 5.26 Å². The lowest BCUT2D eigenvalue weighted by atomic mass is 10.1. The second-order valence-electron chi connectivity index (χ2n) is 3.95. The van der Waals surface area contributed by atoms with E-state index in [0.29, 0.717) is 16.8 Å². The van der Waals surface area contributed by atoms with Crippen molar-refractivity contribution in [3.8, 4) is 6.07 Å². The van der Waals surface area contributed by atoms with Gasteiger partial charge in [-0.25, -0.2) is 0 Å². The van der Waals surface area contributed by atoms with Crippen molar-refractivity contribution in [1.29, 1.82) is 5.26 Å². The van der Waals surface area contributed by atoms with Gasteiger partial charge in [0.25, 0.3) is 5.91 Å². The predicted molar refractivity (Wildman–Crippen MR) is 67.1 cm³/mol. The second kappa shape index (κ2) is 4.72. The first-order valence-electron chi connectivity index (χ1n) is 5.42. The molecule has 0 unspecified atom stereocenters. The maximum Gasteiger partial charge on any atom is 0.255 e. The fraction of sp³-hybridized carbons (Fsp3) is 0.154. The molecule has 1 N–H and O–H groups in total. The van der Waals surface area contributed by atoms with E-state index < -0.39 is 0 Å². The Balaban J connectivity index is 2.17. The smallest absolute Gasteiger partial charge is 0.255 e. The molecule has 1 aromatic carbocycles. The Labute approximate surface area is 105 Å². The maximum atomic E-state index is 11.9. The van der Waals surface area contributed by atoms with Crippen molar-refractivity contribution >= 4 is 11.6 Å². The average Bonchev–Trinajstić information content (AvgIpc) is 2.68. The Morgan fingerprint density at radius 1 is 1.39 bits per heavy atom. The monoisotopic (exact) mass is 240 g/mol. The topological polar surface area (TPSA) is 70.7 Å². The normalized spacial score (nSPS) is 9.83. The summed E-state index contributed by atoms with van der Waals surface area (Å²) in [6, 6.07) is 8.49. The Morgan fingerprint density at radius 3 is 2.56 bits per heavy atom. The van der Waals surface area contributed by atoms with E-state index in [1.807, 2.05) is 13.0 Å². The van der Waals surface area contributed by atoms with Gasteiger partial charge < -0.3 is 5.32 Å². The van der Waals surface area contributed by atoms with Crippen LogP contribution in [-0.4, -0.2) is 15.7 Å². The zero-order chi connectivity index (χ0) is 13.1. The number of hydrogen-bond donors (Lipinski definition) is 1. The minimum absolute atomic E-state index is 0.212. The van der Waals surface area contributed by atoms with Crippen LogP contribution in [0.4, 0.5) is 5.69 Å². The third-order valence-corrected chi connectivity index (χ3v) is 2.54. The summed E-state index contributed by atoms with van der Waals surface area (Å²) in [5.41, 5.74) is 2.49. The fourth-order valence-electron chi connectivity index (χ4n) is 1.61. The van der Waals surface area contributed by atoms with Crippen LogP contribution in [0.5, 0.6) is 0 Å². The van der Waals surface area contributed by atoms with Crippen molar-refractivity contribution in [1.82, 2.24) is 9.78 Å². The highest BCUT2D eigenvalue weighted by atomic mass is 16.1. The molecular formula is C13H12N4O. The molecule has 18 heavy (non-hydrogen) atoms. The standard InChI is InChI=1S/C13H12N4O/c1-9-12(8-17(2)16-9)15-13(18)11-5-3-10(7-14)4-6-11/h3-6,8H,1-2H3,(H,15,18). The van der Waals surface area contributed by atoms with Gasteiger partial charge in [-0.3, -0.25) is 9.48 Å². The molecule has 1 heterocycles. The molecule has 2 aromatic rings. The number of hydrogen-bond acceptors (Lipinski definition) is 3. The number of amides is 1. The van der Waals surface area contributed by atoms with Gasteiger partial charge in [0, 0.05) is 18.8 Å². The molecule has 0 aliphatic rings. The highest BCUT2D eigenvalue weighted by Crippen LogP contribution is 2.13. The van der Waals surface area contributed by atoms with Gasteiger partial charge in [-0.15, -0.1) is 0 Å². The van der Waals surface area contributed by atoms with E-state index in [0.717, 1.165) is 5.69 Å². The molecule has 0 saturated carbocycles. The molecule has 0 aliphatic heterocycles. The van der Waals surface area contributed by atoms with Crippen molar-refractivity contribution in [3.05, 3.63) is 47.3 Å². The molecule has 1 aromatic heterocycles. The minimum Gasteiger partial charge on any atom is -0.319 e. The van der Waals surface area contributed by atoms with Crippen LogP contribution in [0.2, 0.25) is 0 Å². The van der Waals surface area contributed by atoms with Crippen LogP contribution in [0.1, 0.15) is 21.6 Å². The number of aryl methyl sites for hydroxylation is 2. The first-order chi connectivity index (χ1) is 8.60. The highest BCUT2D eigenvalue weighted by Gasteiger charge is 2.09. The number of nitrogens with one attached hydrogen (secondary N) is 1. The lowest BCUT2D eigenvalue weighted by Crippen LogP contribution is -2.12. The first-order valence-corrected chi connectivity index (χ1v) is 5.42. The quantitative estimate of drug-likeness (QED) is 0.870. The van der Waals surface area contributed by atoms with Gasteiger partial charge in [0.15, 0.2) is 0 Å². The van der Waals surface area contributed by atoms with Crippen LogP contribution in [0.3, 0.4) is 0 Å². The molecule has 0 saturated heterocycles. The van der Waals surface area contributed by atoms with Crippen LogP contribution in [-0.2, 0) is 7.05 Å². The lowest BCUT2D eigenvalue weighted by molar-refractivity contribution is 0.102. The zero-order valence-corrected chi connectivity index (χ0v) is 10.1. The van der Waals surface area contributed by atoms with E-state index in [2.05, 4.69) is 10.4 Å². The van der Waals surface area contributed by atoms with Gasteiger partial charge in [0.1, 0.15) is 0 Å². The van der Waals surface area contributed by atoms with Crippen molar-refractivity contribution in [2.45, 2.75) is 6.92 Å². The zero-order valence-electron chi connectivity index (χ0n) is 10.1. The summed E-state index contributed by atoms with van der Waals surface area (Å²) in [5.74, 6) is -0.212. The molecule has 0 fully saturated rings. The Kier molecular flexibility index (Phi) is 3.11. The summed E-state index contributed by atoms with van der Waals surface area (Å²) in [4.78, 5) is 11.9. The number of aromatic nitrogens is 2. The van der Waals surface area contributed by atoms with Crippen molar-refractivity contribution in [2.75, 3.05) is 5.32 Å². The summed E-state index contributed by atoms with van der Waals surface area (Å²) in [5, 5.41) is 15.6. The van der Waals surface area contributed by atoms with Gasteiger partial charge in [-0.2, -0.15) is 10.4 Å². The summed E-state index contributed by atoms with van der Waals surface area (Å²) < 4.78 is 1.64. The molecule has 0 spiro atoms. The number of anilines is 1. The molecule has 1 amide bonds. The third kappa shape index (κ3) is 2.38. The van der Waals surface area contributed by atoms with Crippen LogP contribution < -0.4 is 5.32 Å². The molecule has 90 valence electrons. The van der Waals surface area contributed by atoms with E-state index in [1.54, 1.807) is 42.2 Å². The van der Waals surface area contributed by atoms with E-state index in [9.17, 15) is 4.79 Å². The summed E-state index contributed by atoms with van der Waals surface area (Å²) in [6.45, 7) is 1.83. The van der Waals surface area contributed by atoms with Crippen LogP contribution >= 0.6 is 0 Å². The Hall–Kier alpha value is -2.61. The molecular weight excluding hydrogens is 228 g/mol. The predicted octanol–water partition coefficient (Wildman–Crippen LogP) is 1.85. The van der Waals surface area contributed by atoms with E-state index >= 15 is 0 Å². The molecule has 0 atom stereocenters. The van der Waals surface area contributed by atoms with Gasteiger partial charge in [-0.05, 0) is 31.2 Å². The fourth-order valence-corrected chi connectivity index (χ4v) is 1.61. The highest BCUT2D eigenvalue weighted by molar-refractivity contribution is 6.04. The van der Waals surface area contributed by atoms with E-state index in [1.165, 1.54) is 0 Å². The van der Waals surface area contributed by atoms with Gasteiger partial charge in [-0.1, -0.05) is 0 Å². The number of nitrogens with zero attached hydrogens (tertiary/aromatic N) is 3. The molecule has 0 aliphatic carbocycles. The molecule has 0 radical (unpaired) electrons. The van der Waals surface area contributed by atoms with Crippen LogP contribution in [0, 0.1) is 18.3 Å². The molecule has 0 bridgehead atoms. The molecule has 2 rings (SSSR count). The van der Waals surface area contributed by atoms with Gasteiger partial charge in [0.05, 0.1) is 23.0 Å². The van der Waals surface area contributed by atoms with Gasteiger partial charge >= 0.3 is 0 Å². The summed E-state index contributed by atoms with van der Waals surface area (Å²) >= 11 is 0. The van der Waals surface area contributed by atoms with Crippen molar-refractivity contribution in [3.63, 3.8) is 0 Å². The Bertz CT molecular complexity index is 619. The maximum absolute atomic E-state index is 11.9. The number of carbonyl (C=O) groups excluding carboxylic acids is 1. The summed E-state index contributed by atoms with van der Waals surface area (Å²) in [6.07, 6.45) is 1.75. The minimum atomic E-state index is -0.212. The lowest BCUT2D eigenvalue weighted by Gasteiger charge is -2.03. The first kappa shape index (κ1) is 11.9. The number of nitriles is 1. The number of rotatable bonds is 2. The second-order valence-corrected chi connectivity index (χ2v) is 3.95. The van der Waals surface area contributed by atoms with E-state index in [-0.39, 0.29) is 5.91 Å². The van der Waals surface area contributed by atoms with Gasteiger partial charge in [0.2, 0.25) is 0 Å². The molecule has 5 nitrogen and oxygen atoms in total. The summed E-state index contributed by atoms with van der Waals surface area (Å²) in [7, 11) is 1.80. The SMILES string of the molecule is Cc1nn(C)cc1NC(=O)c1ccc(C#N)cc1.